The molecule has 1 aromatic rings. The second-order valence-electron chi connectivity index (χ2n) is 5.45. The Balaban J connectivity index is 0.00000180. The lowest BCUT2D eigenvalue weighted by atomic mass is 10.0. The number of nitrogens with two attached hydrogens (primary N) is 1. The highest BCUT2D eigenvalue weighted by Gasteiger charge is 2.24. The van der Waals surface area contributed by atoms with Gasteiger partial charge in [-0.15, -0.1) is 12.4 Å². The molecule has 1 aliphatic rings. The van der Waals surface area contributed by atoms with Crippen LogP contribution >= 0.6 is 12.4 Å². The van der Waals surface area contributed by atoms with E-state index in [9.17, 15) is 0 Å². The number of hydrogen-bond acceptors (Lipinski definition) is 3. The summed E-state index contributed by atoms with van der Waals surface area (Å²) in [4.78, 5) is 2.48. The van der Waals surface area contributed by atoms with E-state index in [-0.39, 0.29) is 12.4 Å². The predicted molar refractivity (Wildman–Crippen MR) is 82.0 cm³/mol. The van der Waals surface area contributed by atoms with Crippen molar-refractivity contribution in [3.8, 4) is 5.75 Å². The number of rotatable bonds is 4. The Morgan fingerprint density at radius 2 is 2.21 bits per heavy atom. The summed E-state index contributed by atoms with van der Waals surface area (Å²) in [7, 11) is 1.73. The number of nitrogens with zero attached hydrogens (tertiary/aromatic N) is 1. The maximum Gasteiger partial charge on any atom is 0.122 e. The Kier molecular flexibility index (Phi) is 6.11. The molecule has 0 saturated carbocycles. The first-order valence-electron chi connectivity index (χ1n) is 6.71. The van der Waals surface area contributed by atoms with Crippen LogP contribution in [-0.2, 0) is 6.54 Å². The van der Waals surface area contributed by atoms with E-state index in [0.29, 0.717) is 12.0 Å². The minimum Gasteiger partial charge on any atom is -0.496 e. The number of hydrogen-bond donors (Lipinski definition) is 1. The van der Waals surface area contributed by atoms with Crippen molar-refractivity contribution in [2.75, 3.05) is 20.2 Å². The van der Waals surface area contributed by atoms with E-state index in [1.54, 1.807) is 7.11 Å². The fraction of sp³-hybridized carbons (Fsp3) is 0.600. The average Bonchev–Trinajstić information content (AvgIpc) is 2.80. The van der Waals surface area contributed by atoms with Crippen molar-refractivity contribution in [3.05, 3.63) is 29.3 Å². The van der Waals surface area contributed by atoms with E-state index in [4.69, 9.17) is 10.5 Å². The van der Waals surface area contributed by atoms with Crippen LogP contribution in [0.3, 0.4) is 0 Å². The van der Waals surface area contributed by atoms with Crippen molar-refractivity contribution in [1.82, 2.24) is 4.90 Å². The van der Waals surface area contributed by atoms with Gasteiger partial charge in [0.1, 0.15) is 5.75 Å². The molecule has 1 aliphatic heterocycles. The molecule has 0 spiro atoms. The van der Waals surface area contributed by atoms with Gasteiger partial charge in [-0.1, -0.05) is 12.1 Å². The molecule has 3 nitrogen and oxygen atoms in total. The monoisotopic (exact) mass is 284 g/mol. The summed E-state index contributed by atoms with van der Waals surface area (Å²) >= 11 is 0. The smallest absolute Gasteiger partial charge is 0.122 e. The minimum atomic E-state index is 0. The molecular formula is C15H25ClN2O. The van der Waals surface area contributed by atoms with E-state index >= 15 is 0 Å². The van der Waals surface area contributed by atoms with E-state index in [2.05, 4.69) is 36.9 Å². The number of ether oxygens (including phenoxy) is 1. The first kappa shape index (κ1) is 16.3. The van der Waals surface area contributed by atoms with E-state index in [0.717, 1.165) is 25.4 Å². The molecule has 2 rings (SSSR count). The Hall–Kier alpha value is -0.770. The zero-order chi connectivity index (χ0) is 13.1. The van der Waals surface area contributed by atoms with Gasteiger partial charge in [-0.05, 0) is 49.9 Å². The molecule has 2 N–H and O–H groups in total. The van der Waals surface area contributed by atoms with E-state index < -0.39 is 0 Å². The van der Waals surface area contributed by atoms with E-state index in [1.165, 1.54) is 17.5 Å². The molecular weight excluding hydrogens is 260 g/mol. The molecule has 0 bridgehead atoms. The van der Waals surface area contributed by atoms with Gasteiger partial charge in [-0.25, -0.2) is 0 Å². The zero-order valence-corrected chi connectivity index (χ0v) is 12.9. The summed E-state index contributed by atoms with van der Waals surface area (Å²) in [5.41, 5.74) is 8.49. The normalized spacial score (nSPS) is 20.9. The molecule has 19 heavy (non-hydrogen) atoms. The summed E-state index contributed by atoms with van der Waals surface area (Å²) in [5.74, 6) is 1.63. The van der Waals surface area contributed by atoms with Crippen LogP contribution in [-0.4, -0.2) is 31.1 Å². The van der Waals surface area contributed by atoms with Gasteiger partial charge in [0.15, 0.2) is 0 Å². The Morgan fingerprint density at radius 1 is 1.47 bits per heavy atom. The Morgan fingerprint density at radius 3 is 2.79 bits per heavy atom. The minimum absolute atomic E-state index is 0. The third-order valence-corrected chi connectivity index (χ3v) is 3.93. The van der Waals surface area contributed by atoms with Crippen LogP contribution in [0, 0.1) is 12.8 Å². The summed E-state index contributed by atoms with van der Waals surface area (Å²) in [6.07, 6.45) is 1.22. The van der Waals surface area contributed by atoms with Crippen LogP contribution in [0.5, 0.6) is 5.75 Å². The molecule has 2 atom stereocenters. The topological polar surface area (TPSA) is 38.5 Å². The van der Waals surface area contributed by atoms with Crippen molar-refractivity contribution in [2.45, 2.75) is 32.9 Å². The van der Waals surface area contributed by atoms with Crippen molar-refractivity contribution >= 4 is 12.4 Å². The van der Waals surface area contributed by atoms with Crippen LogP contribution < -0.4 is 10.5 Å². The standard InChI is InChI=1S/C15H24N2O.ClH/c1-11-4-5-13(8-15(11)18-3)9-17-7-6-14(10-17)12(2)16;/h4-5,8,12,14H,6-7,9-10,16H2,1-3H3;1H. The lowest BCUT2D eigenvalue weighted by Gasteiger charge is -2.18. The molecule has 1 aromatic carbocycles. The van der Waals surface area contributed by atoms with Crippen LogP contribution in [0.1, 0.15) is 24.5 Å². The van der Waals surface area contributed by atoms with Gasteiger partial charge in [-0.2, -0.15) is 0 Å². The fourth-order valence-electron chi connectivity index (χ4n) is 2.66. The molecule has 0 amide bonds. The van der Waals surface area contributed by atoms with Crippen LogP contribution in [0.25, 0.3) is 0 Å². The summed E-state index contributed by atoms with van der Waals surface area (Å²) in [6, 6.07) is 6.78. The van der Waals surface area contributed by atoms with Gasteiger partial charge in [0.2, 0.25) is 0 Å². The predicted octanol–water partition coefficient (Wildman–Crippen LogP) is 2.59. The quantitative estimate of drug-likeness (QED) is 0.924. The van der Waals surface area contributed by atoms with Gasteiger partial charge in [-0.3, -0.25) is 4.90 Å². The third kappa shape index (κ3) is 4.10. The molecule has 1 saturated heterocycles. The van der Waals surface area contributed by atoms with Crippen LogP contribution in [0.4, 0.5) is 0 Å². The largest absolute Gasteiger partial charge is 0.496 e. The molecule has 1 heterocycles. The van der Waals surface area contributed by atoms with Gasteiger partial charge in [0.25, 0.3) is 0 Å². The fourth-order valence-corrected chi connectivity index (χ4v) is 2.66. The van der Waals surface area contributed by atoms with Crippen molar-refractivity contribution < 1.29 is 4.74 Å². The number of halogens is 1. The molecule has 1 fully saturated rings. The average molecular weight is 285 g/mol. The molecule has 0 radical (unpaired) electrons. The highest BCUT2D eigenvalue weighted by Crippen LogP contribution is 2.23. The third-order valence-electron chi connectivity index (χ3n) is 3.93. The van der Waals surface area contributed by atoms with E-state index in [1.807, 2.05) is 0 Å². The van der Waals surface area contributed by atoms with Crippen molar-refractivity contribution in [3.63, 3.8) is 0 Å². The Labute approximate surface area is 122 Å². The highest BCUT2D eigenvalue weighted by molar-refractivity contribution is 5.85. The second kappa shape index (κ2) is 7.13. The SMILES string of the molecule is COc1cc(CN2CCC(C(C)N)C2)ccc1C.Cl. The lowest BCUT2D eigenvalue weighted by molar-refractivity contribution is 0.307. The number of benzene rings is 1. The Bertz CT molecular complexity index is 409. The maximum absolute atomic E-state index is 5.97. The summed E-state index contributed by atoms with van der Waals surface area (Å²) in [5, 5.41) is 0. The van der Waals surface area contributed by atoms with Crippen LogP contribution in [0.15, 0.2) is 18.2 Å². The van der Waals surface area contributed by atoms with Gasteiger partial charge in [0.05, 0.1) is 7.11 Å². The van der Waals surface area contributed by atoms with Crippen molar-refractivity contribution in [2.24, 2.45) is 11.7 Å². The summed E-state index contributed by atoms with van der Waals surface area (Å²) < 4.78 is 5.37. The number of methoxy groups -OCH3 is 1. The molecule has 0 aromatic heterocycles. The number of aryl methyl sites for hydroxylation is 1. The van der Waals surface area contributed by atoms with Crippen LogP contribution in [0.2, 0.25) is 0 Å². The second-order valence-corrected chi connectivity index (χ2v) is 5.45. The van der Waals surface area contributed by atoms with Gasteiger partial charge < -0.3 is 10.5 Å². The zero-order valence-electron chi connectivity index (χ0n) is 12.1. The number of likely N-dealkylation sites (tertiary alicyclic amines) is 1. The van der Waals surface area contributed by atoms with Crippen molar-refractivity contribution in [1.29, 1.82) is 0 Å². The molecule has 2 unspecified atom stereocenters. The van der Waals surface area contributed by atoms with Gasteiger partial charge >= 0.3 is 0 Å². The summed E-state index contributed by atoms with van der Waals surface area (Å²) in [6.45, 7) is 7.46. The highest BCUT2D eigenvalue weighted by atomic mass is 35.5. The molecule has 0 aliphatic carbocycles. The first-order valence-corrected chi connectivity index (χ1v) is 6.71. The molecule has 108 valence electrons. The van der Waals surface area contributed by atoms with Gasteiger partial charge in [0, 0.05) is 19.1 Å². The maximum atomic E-state index is 5.97. The molecule has 4 heteroatoms. The first-order chi connectivity index (χ1) is 8.60. The lowest BCUT2D eigenvalue weighted by Crippen LogP contribution is -2.29.